The second-order valence-electron chi connectivity index (χ2n) is 6.14. The maximum absolute atomic E-state index is 11.7. The lowest BCUT2D eigenvalue weighted by atomic mass is 10.3. The number of hydrogen-bond donors (Lipinski definition) is 0. The van der Waals surface area contributed by atoms with Gasteiger partial charge in [-0.25, -0.2) is 0 Å². The van der Waals surface area contributed by atoms with E-state index in [0.717, 1.165) is 0 Å². The Morgan fingerprint density at radius 1 is 0.786 bits per heavy atom. The minimum absolute atomic E-state index is 0.193. The maximum Gasteiger partial charge on any atom is 0.321 e. The van der Waals surface area contributed by atoms with Gasteiger partial charge in [-0.15, -0.1) is 0 Å². The van der Waals surface area contributed by atoms with Crippen molar-refractivity contribution in [1.29, 1.82) is 0 Å². The third-order valence-corrected chi connectivity index (χ3v) is 6.67. The molecule has 3 aromatic carbocycles. The fourth-order valence-electron chi connectivity index (χ4n) is 2.65. The van der Waals surface area contributed by atoms with Crippen LogP contribution in [0.25, 0.3) is 0 Å². The van der Waals surface area contributed by atoms with E-state index in [2.05, 4.69) is 60.7 Å². The van der Waals surface area contributed by atoms with Crippen molar-refractivity contribution in [1.82, 2.24) is 0 Å². The standard InChI is InChI=1S/C23H22IO3S/c1-17(24)23(25)27-18(2)26-19-13-15-22(16-14-19)28(20-9-5-3-6-10-20)21-11-7-4-8-12-21/h3-18H,1-2H3/q+1. The van der Waals surface area contributed by atoms with Crippen LogP contribution in [0.4, 0.5) is 0 Å². The fraction of sp³-hybridized carbons (Fsp3) is 0.174. The first-order valence-corrected chi connectivity index (χ1v) is 11.5. The first kappa shape index (κ1) is 20.7. The molecule has 5 heteroatoms. The summed E-state index contributed by atoms with van der Waals surface area (Å²) in [6.07, 6.45) is -0.628. The highest BCUT2D eigenvalue weighted by Gasteiger charge is 2.28. The van der Waals surface area contributed by atoms with E-state index in [4.69, 9.17) is 9.47 Å². The van der Waals surface area contributed by atoms with Gasteiger partial charge in [0.1, 0.15) is 9.67 Å². The van der Waals surface area contributed by atoms with E-state index in [-0.39, 0.29) is 20.8 Å². The lowest BCUT2D eigenvalue weighted by Crippen LogP contribution is -2.24. The van der Waals surface area contributed by atoms with E-state index in [1.165, 1.54) is 14.7 Å². The number of carbonyl (C=O) groups is 1. The molecule has 0 aliphatic carbocycles. The Kier molecular flexibility index (Phi) is 7.39. The largest absolute Gasteiger partial charge is 0.455 e. The Labute approximate surface area is 182 Å². The van der Waals surface area contributed by atoms with E-state index in [9.17, 15) is 4.79 Å². The van der Waals surface area contributed by atoms with E-state index in [1.807, 2.05) is 46.9 Å². The van der Waals surface area contributed by atoms with Crippen LogP contribution in [0, 0.1) is 0 Å². The lowest BCUT2D eigenvalue weighted by Gasteiger charge is -2.16. The molecule has 0 spiro atoms. The van der Waals surface area contributed by atoms with Crippen LogP contribution in [0.2, 0.25) is 0 Å². The first-order chi connectivity index (χ1) is 13.5. The molecule has 144 valence electrons. The van der Waals surface area contributed by atoms with Crippen molar-refractivity contribution in [2.24, 2.45) is 0 Å². The molecule has 3 rings (SSSR count). The smallest absolute Gasteiger partial charge is 0.321 e. The van der Waals surface area contributed by atoms with Crippen molar-refractivity contribution in [3.05, 3.63) is 84.9 Å². The first-order valence-electron chi connectivity index (χ1n) is 9.00. The molecule has 0 amide bonds. The van der Waals surface area contributed by atoms with E-state index < -0.39 is 6.29 Å². The quantitative estimate of drug-likeness (QED) is 0.132. The molecule has 28 heavy (non-hydrogen) atoms. The zero-order valence-electron chi connectivity index (χ0n) is 15.7. The average Bonchev–Trinajstić information content (AvgIpc) is 2.71. The highest BCUT2D eigenvalue weighted by Crippen LogP contribution is 2.32. The molecule has 0 heterocycles. The van der Waals surface area contributed by atoms with Gasteiger partial charge >= 0.3 is 5.97 Å². The monoisotopic (exact) mass is 505 g/mol. The summed E-state index contributed by atoms with van der Waals surface area (Å²) in [7, 11) is -0.193. The molecule has 0 aliphatic rings. The fourth-order valence-corrected chi connectivity index (χ4v) is 4.88. The Morgan fingerprint density at radius 2 is 1.25 bits per heavy atom. The summed E-state index contributed by atoms with van der Waals surface area (Å²) in [4.78, 5) is 15.4. The molecular weight excluding hydrogens is 483 g/mol. The number of hydrogen-bond acceptors (Lipinski definition) is 3. The Balaban J connectivity index is 1.80. The molecule has 0 radical (unpaired) electrons. The van der Waals surface area contributed by atoms with Crippen LogP contribution in [0.15, 0.2) is 99.6 Å². The number of rotatable bonds is 7. The molecular formula is C23H22IO3S+. The Morgan fingerprint density at radius 3 is 1.71 bits per heavy atom. The van der Waals surface area contributed by atoms with Crippen molar-refractivity contribution in [3.63, 3.8) is 0 Å². The predicted molar refractivity (Wildman–Crippen MR) is 121 cm³/mol. The van der Waals surface area contributed by atoms with Crippen LogP contribution in [-0.4, -0.2) is 16.2 Å². The molecule has 0 fully saturated rings. The Hall–Kier alpha value is -1.99. The van der Waals surface area contributed by atoms with Crippen LogP contribution in [-0.2, 0) is 20.4 Å². The number of alkyl halides is 1. The minimum atomic E-state index is -0.628. The van der Waals surface area contributed by atoms with Gasteiger partial charge in [-0.3, -0.25) is 4.79 Å². The number of ether oxygens (including phenoxy) is 2. The summed E-state index contributed by atoms with van der Waals surface area (Å²) in [6.45, 7) is 3.52. The van der Waals surface area contributed by atoms with Gasteiger partial charge in [0.05, 0.1) is 10.9 Å². The average molecular weight is 505 g/mol. The predicted octanol–water partition coefficient (Wildman–Crippen LogP) is 5.87. The molecule has 0 saturated carbocycles. The van der Waals surface area contributed by atoms with Gasteiger partial charge in [-0.2, -0.15) is 0 Å². The summed E-state index contributed by atoms with van der Waals surface area (Å²) >= 11 is 2.03. The van der Waals surface area contributed by atoms with Gasteiger partial charge in [0.2, 0.25) is 6.29 Å². The zero-order valence-corrected chi connectivity index (χ0v) is 18.7. The molecule has 0 bridgehead atoms. The molecule has 0 aliphatic heterocycles. The molecule has 0 aromatic heterocycles. The van der Waals surface area contributed by atoms with Gasteiger partial charge in [0.25, 0.3) is 0 Å². The molecule has 2 atom stereocenters. The lowest BCUT2D eigenvalue weighted by molar-refractivity contribution is -0.159. The van der Waals surface area contributed by atoms with Gasteiger partial charge < -0.3 is 9.47 Å². The summed E-state index contributed by atoms with van der Waals surface area (Å²) < 4.78 is 10.8. The number of carbonyl (C=O) groups excluding carboxylic acids is 1. The molecule has 3 aromatic rings. The normalized spacial score (nSPS) is 13.0. The van der Waals surface area contributed by atoms with Crippen molar-refractivity contribution in [2.45, 2.75) is 38.7 Å². The molecule has 0 N–H and O–H groups in total. The second-order valence-corrected chi connectivity index (χ2v) is 10.0. The highest BCUT2D eigenvalue weighted by atomic mass is 127. The van der Waals surface area contributed by atoms with Crippen LogP contribution < -0.4 is 4.74 Å². The van der Waals surface area contributed by atoms with Crippen LogP contribution in [0.1, 0.15) is 13.8 Å². The summed E-state index contributed by atoms with van der Waals surface area (Å²) in [5.74, 6) is 0.397. The van der Waals surface area contributed by atoms with Gasteiger partial charge in [0, 0.05) is 6.92 Å². The van der Waals surface area contributed by atoms with E-state index >= 15 is 0 Å². The number of esters is 1. The number of benzene rings is 3. The molecule has 0 saturated heterocycles. The van der Waals surface area contributed by atoms with Crippen molar-refractivity contribution < 1.29 is 14.3 Å². The van der Waals surface area contributed by atoms with Crippen LogP contribution >= 0.6 is 22.6 Å². The number of halogens is 1. The van der Waals surface area contributed by atoms with Crippen molar-refractivity contribution in [3.8, 4) is 5.75 Å². The van der Waals surface area contributed by atoms with Crippen LogP contribution in [0.3, 0.4) is 0 Å². The third kappa shape index (κ3) is 5.52. The van der Waals surface area contributed by atoms with Gasteiger partial charge in [-0.1, -0.05) is 59.0 Å². The molecule has 2 unspecified atom stereocenters. The van der Waals surface area contributed by atoms with Gasteiger partial charge in [0.15, 0.2) is 14.7 Å². The van der Waals surface area contributed by atoms with Crippen LogP contribution in [0.5, 0.6) is 5.75 Å². The zero-order chi connectivity index (χ0) is 19.9. The van der Waals surface area contributed by atoms with Gasteiger partial charge in [-0.05, 0) is 55.5 Å². The Bertz CT molecular complexity index is 843. The summed E-state index contributed by atoms with van der Waals surface area (Å²) in [6, 6.07) is 29.0. The summed E-state index contributed by atoms with van der Waals surface area (Å²) in [5, 5.41) is 0. The topological polar surface area (TPSA) is 35.5 Å². The SMILES string of the molecule is CC(OC(=O)C(C)I)Oc1ccc([S+](c2ccccc2)c2ccccc2)cc1. The third-order valence-electron chi connectivity index (χ3n) is 3.93. The minimum Gasteiger partial charge on any atom is -0.455 e. The molecule has 3 nitrogen and oxygen atoms in total. The summed E-state index contributed by atoms with van der Waals surface area (Å²) in [5.41, 5.74) is 0. The second kappa shape index (κ2) is 9.98. The highest BCUT2D eigenvalue weighted by molar-refractivity contribution is 14.1. The van der Waals surface area contributed by atoms with Crippen molar-refractivity contribution >= 4 is 39.5 Å². The van der Waals surface area contributed by atoms with E-state index in [0.29, 0.717) is 5.75 Å². The van der Waals surface area contributed by atoms with E-state index in [1.54, 1.807) is 13.8 Å². The maximum atomic E-state index is 11.7. The van der Waals surface area contributed by atoms with Crippen molar-refractivity contribution in [2.75, 3.05) is 0 Å².